The maximum atomic E-state index is 11.6. The lowest BCUT2D eigenvalue weighted by Gasteiger charge is -2.16. The number of hydrogen-bond donors (Lipinski definition) is 1. The fourth-order valence-corrected chi connectivity index (χ4v) is 2.47. The number of sulfonamides is 1. The molecule has 0 aromatic heterocycles. The zero-order valence-electron chi connectivity index (χ0n) is 9.41. The SMILES string of the molecule is CCCCS(=O)(=O)N(C)CCCNC. The van der Waals surface area contributed by atoms with E-state index in [-0.39, 0.29) is 5.75 Å². The summed E-state index contributed by atoms with van der Waals surface area (Å²) in [6, 6.07) is 0. The molecule has 86 valence electrons. The van der Waals surface area contributed by atoms with E-state index in [9.17, 15) is 8.42 Å². The summed E-state index contributed by atoms with van der Waals surface area (Å²) in [6.07, 6.45) is 2.53. The van der Waals surface area contributed by atoms with E-state index in [1.54, 1.807) is 7.05 Å². The van der Waals surface area contributed by atoms with Crippen molar-refractivity contribution in [2.45, 2.75) is 26.2 Å². The van der Waals surface area contributed by atoms with Gasteiger partial charge in [0.15, 0.2) is 0 Å². The van der Waals surface area contributed by atoms with Crippen LogP contribution >= 0.6 is 0 Å². The molecule has 0 aliphatic carbocycles. The second-order valence-electron chi connectivity index (χ2n) is 3.45. The van der Waals surface area contributed by atoms with Crippen molar-refractivity contribution >= 4 is 10.0 Å². The van der Waals surface area contributed by atoms with E-state index < -0.39 is 10.0 Å². The summed E-state index contributed by atoms with van der Waals surface area (Å²) in [5.74, 6) is 0.277. The minimum Gasteiger partial charge on any atom is -0.320 e. The van der Waals surface area contributed by atoms with Gasteiger partial charge in [0.05, 0.1) is 5.75 Å². The molecule has 0 aliphatic heterocycles. The van der Waals surface area contributed by atoms with Gasteiger partial charge in [0.1, 0.15) is 0 Å². The first-order valence-corrected chi connectivity index (χ1v) is 6.74. The van der Waals surface area contributed by atoms with Crippen LogP contribution in [0.15, 0.2) is 0 Å². The van der Waals surface area contributed by atoms with Gasteiger partial charge in [-0.1, -0.05) is 13.3 Å². The van der Waals surface area contributed by atoms with E-state index >= 15 is 0 Å². The second-order valence-corrected chi connectivity index (χ2v) is 5.64. The van der Waals surface area contributed by atoms with Gasteiger partial charge < -0.3 is 5.32 Å². The van der Waals surface area contributed by atoms with Crippen LogP contribution in [0.3, 0.4) is 0 Å². The van der Waals surface area contributed by atoms with Crippen LogP contribution in [-0.2, 0) is 10.0 Å². The number of rotatable bonds is 8. The molecule has 0 radical (unpaired) electrons. The maximum absolute atomic E-state index is 11.6. The van der Waals surface area contributed by atoms with Crippen molar-refractivity contribution in [2.75, 3.05) is 32.9 Å². The Hall–Kier alpha value is -0.130. The lowest BCUT2D eigenvalue weighted by atomic mass is 10.4. The Bertz CT molecular complexity index is 227. The second kappa shape index (κ2) is 7.20. The third-order valence-corrected chi connectivity index (χ3v) is 4.07. The Balaban J connectivity index is 3.89. The van der Waals surface area contributed by atoms with Crippen LogP contribution in [-0.4, -0.2) is 45.7 Å². The molecule has 0 fully saturated rings. The summed E-state index contributed by atoms with van der Waals surface area (Å²) in [6.45, 7) is 3.46. The first kappa shape index (κ1) is 13.9. The predicted octanol–water partition coefficient (Wildman–Crippen LogP) is 0.658. The van der Waals surface area contributed by atoms with Gasteiger partial charge in [-0.25, -0.2) is 12.7 Å². The number of nitrogens with zero attached hydrogens (tertiary/aromatic N) is 1. The normalized spacial score (nSPS) is 12.3. The molecule has 1 N–H and O–H groups in total. The standard InChI is InChI=1S/C9H22N2O2S/c1-4-5-9-14(12,13)11(3)8-6-7-10-2/h10H,4-9H2,1-3H3. The van der Waals surface area contributed by atoms with E-state index in [1.807, 2.05) is 14.0 Å². The molecule has 0 heterocycles. The highest BCUT2D eigenvalue weighted by Gasteiger charge is 2.15. The van der Waals surface area contributed by atoms with Gasteiger partial charge in [-0.05, 0) is 26.4 Å². The predicted molar refractivity (Wildman–Crippen MR) is 59.9 cm³/mol. The number of hydrogen-bond acceptors (Lipinski definition) is 3. The van der Waals surface area contributed by atoms with Crippen LogP contribution in [0.25, 0.3) is 0 Å². The van der Waals surface area contributed by atoms with E-state index in [0.717, 1.165) is 25.8 Å². The molecule has 0 aliphatic rings. The maximum Gasteiger partial charge on any atom is 0.213 e. The molecular weight excluding hydrogens is 200 g/mol. The molecule has 14 heavy (non-hydrogen) atoms. The van der Waals surface area contributed by atoms with Crippen LogP contribution < -0.4 is 5.32 Å². The fourth-order valence-electron chi connectivity index (χ4n) is 1.10. The molecule has 5 heteroatoms. The first-order valence-electron chi connectivity index (χ1n) is 5.13. The minimum absolute atomic E-state index is 0.277. The van der Waals surface area contributed by atoms with Crippen molar-refractivity contribution < 1.29 is 8.42 Å². The monoisotopic (exact) mass is 222 g/mol. The van der Waals surface area contributed by atoms with Crippen LogP contribution in [0.2, 0.25) is 0 Å². The van der Waals surface area contributed by atoms with Gasteiger partial charge in [0.2, 0.25) is 10.0 Å². The quantitative estimate of drug-likeness (QED) is 0.614. The van der Waals surface area contributed by atoms with Crippen molar-refractivity contribution in [1.29, 1.82) is 0 Å². The highest BCUT2D eigenvalue weighted by Crippen LogP contribution is 2.02. The molecular formula is C9H22N2O2S. The fraction of sp³-hybridized carbons (Fsp3) is 1.00. The molecule has 0 amide bonds. The molecule has 4 nitrogen and oxygen atoms in total. The highest BCUT2D eigenvalue weighted by molar-refractivity contribution is 7.89. The molecule has 0 bridgehead atoms. The molecule has 0 unspecified atom stereocenters. The summed E-state index contributed by atoms with van der Waals surface area (Å²) in [5.41, 5.74) is 0. The summed E-state index contributed by atoms with van der Waals surface area (Å²) >= 11 is 0. The van der Waals surface area contributed by atoms with Crippen molar-refractivity contribution in [1.82, 2.24) is 9.62 Å². The van der Waals surface area contributed by atoms with Crippen LogP contribution in [0.1, 0.15) is 26.2 Å². The van der Waals surface area contributed by atoms with Gasteiger partial charge in [0.25, 0.3) is 0 Å². The molecule has 0 saturated carbocycles. The van der Waals surface area contributed by atoms with Gasteiger partial charge in [-0.2, -0.15) is 0 Å². The molecule has 0 spiro atoms. The number of unbranched alkanes of at least 4 members (excludes halogenated alkanes) is 1. The van der Waals surface area contributed by atoms with E-state index in [1.165, 1.54) is 4.31 Å². The van der Waals surface area contributed by atoms with Gasteiger partial charge in [0, 0.05) is 13.6 Å². The van der Waals surface area contributed by atoms with E-state index in [2.05, 4.69) is 5.32 Å². The summed E-state index contributed by atoms with van der Waals surface area (Å²) < 4.78 is 24.6. The van der Waals surface area contributed by atoms with Crippen LogP contribution in [0.5, 0.6) is 0 Å². The lowest BCUT2D eigenvalue weighted by molar-refractivity contribution is 0.456. The third kappa shape index (κ3) is 5.57. The van der Waals surface area contributed by atoms with Crippen molar-refractivity contribution in [2.24, 2.45) is 0 Å². The Morgan fingerprint density at radius 1 is 1.29 bits per heavy atom. The van der Waals surface area contributed by atoms with Gasteiger partial charge in [-0.3, -0.25) is 0 Å². The summed E-state index contributed by atoms with van der Waals surface area (Å²) in [7, 11) is 0.523. The Morgan fingerprint density at radius 3 is 2.43 bits per heavy atom. The van der Waals surface area contributed by atoms with Crippen molar-refractivity contribution in [3.05, 3.63) is 0 Å². The average Bonchev–Trinajstić information content (AvgIpc) is 2.15. The average molecular weight is 222 g/mol. The van der Waals surface area contributed by atoms with Gasteiger partial charge in [-0.15, -0.1) is 0 Å². The largest absolute Gasteiger partial charge is 0.320 e. The minimum atomic E-state index is -3.00. The lowest BCUT2D eigenvalue weighted by Crippen LogP contribution is -2.31. The molecule has 0 rings (SSSR count). The smallest absolute Gasteiger partial charge is 0.213 e. The molecule has 0 atom stereocenters. The zero-order chi connectivity index (χ0) is 11.0. The highest BCUT2D eigenvalue weighted by atomic mass is 32.2. The van der Waals surface area contributed by atoms with Crippen molar-refractivity contribution in [3.8, 4) is 0 Å². The Morgan fingerprint density at radius 2 is 1.93 bits per heavy atom. The third-order valence-electron chi connectivity index (χ3n) is 2.13. The summed E-state index contributed by atoms with van der Waals surface area (Å²) in [4.78, 5) is 0. The Kier molecular flexibility index (Phi) is 7.13. The zero-order valence-corrected chi connectivity index (χ0v) is 10.2. The topological polar surface area (TPSA) is 49.4 Å². The Labute approximate surface area is 87.7 Å². The summed E-state index contributed by atoms with van der Waals surface area (Å²) in [5, 5.41) is 3.00. The molecule has 0 aromatic carbocycles. The molecule has 0 aromatic rings. The van der Waals surface area contributed by atoms with Crippen LogP contribution in [0, 0.1) is 0 Å². The van der Waals surface area contributed by atoms with E-state index in [4.69, 9.17) is 0 Å². The first-order chi connectivity index (χ1) is 6.54. The van der Waals surface area contributed by atoms with Gasteiger partial charge >= 0.3 is 0 Å². The molecule has 0 saturated heterocycles. The van der Waals surface area contributed by atoms with Crippen molar-refractivity contribution in [3.63, 3.8) is 0 Å². The van der Waals surface area contributed by atoms with E-state index in [0.29, 0.717) is 6.54 Å². The van der Waals surface area contributed by atoms with Crippen LogP contribution in [0.4, 0.5) is 0 Å². The number of nitrogens with one attached hydrogen (secondary N) is 1.